The van der Waals surface area contributed by atoms with Gasteiger partial charge >= 0.3 is 0 Å². The van der Waals surface area contributed by atoms with Crippen molar-refractivity contribution in [2.75, 3.05) is 16.2 Å². The summed E-state index contributed by atoms with van der Waals surface area (Å²) >= 11 is 0. The van der Waals surface area contributed by atoms with Crippen molar-refractivity contribution >= 4 is 27.3 Å². The maximum atomic E-state index is 13.5. The number of nitrogens with one attached hydrogen (secondary N) is 1. The zero-order chi connectivity index (χ0) is 25.5. The third kappa shape index (κ3) is 6.12. The van der Waals surface area contributed by atoms with Crippen molar-refractivity contribution in [1.82, 2.24) is 0 Å². The number of aryl methyl sites for hydroxylation is 2. The van der Waals surface area contributed by atoms with Gasteiger partial charge in [0.2, 0.25) is 5.91 Å². The Kier molecular flexibility index (Phi) is 7.71. The molecule has 0 saturated carbocycles. The van der Waals surface area contributed by atoms with Crippen LogP contribution in [0.3, 0.4) is 0 Å². The average molecular weight is 501 g/mol. The summed E-state index contributed by atoms with van der Waals surface area (Å²) in [6, 6.07) is 30.5. The number of anilines is 2. The molecule has 184 valence electrons. The quantitative estimate of drug-likeness (QED) is 0.319. The number of carbonyl (C=O) groups excluding carboxylic acids is 1. The minimum absolute atomic E-state index is 0.124. The Morgan fingerprint density at radius 2 is 1.47 bits per heavy atom. The van der Waals surface area contributed by atoms with E-state index in [2.05, 4.69) is 5.32 Å². The molecule has 0 aliphatic heterocycles. The van der Waals surface area contributed by atoms with Crippen molar-refractivity contribution in [2.24, 2.45) is 0 Å². The molecule has 0 atom stereocenters. The van der Waals surface area contributed by atoms with Gasteiger partial charge in [0.25, 0.3) is 10.0 Å². The Labute approximate surface area is 212 Å². The first-order chi connectivity index (χ1) is 17.3. The first-order valence-corrected chi connectivity index (χ1v) is 13.0. The molecule has 1 N–H and O–H groups in total. The number of amides is 1. The van der Waals surface area contributed by atoms with Gasteiger partial charge in [0.15, 0.2) is 0 Å². The number of ether oxygens (including phenoxy) is 1. The third-order valence-corrected chi connectivity index (χ3v) is 7.41. The number of hydrogen-bond donors (Lipinski definition) is 1. The van der Waals surface area contributed by atoms with Crippen molar-refractivity contribution in [3.63, 3.8) is 0 Å². The van der Waals surface area contributed by atoms with Crippen molar-refractivity contribution in [1.29, 1.82) is 0 Å². The predicted molar refractivity (Wildman–Crippen MR) is 143 cm³/mol. The number of nitrogens with zero attached hydrogens (tertiary/aromatic N) is 1. The van der Waals surface area contributed by atoms with Gasteiger partial charge in [-0.1, -0.05) is 60.7 Å². The lowest BCUT2D eigenvalue weighted by atomic mass is 10.1. The largest absolute Gasteiger partial charge is 0.489 e. The van der Waals surface area contributed by atoms with Gasteiger partial charge < -0.3 is 10.1 Å². The lowest BCUT2D eigenvalue weighted by Crippen LogP contribution is -2.38. The standard InChI is InChI=1S/C29H28N2O4S/c1-22-13-14-23(2)28(19-22)31(36(33,34)27-11-7-4-8-12-27)20-29(32)30-25-15-17-26(18-16-25)35-21-24-9-5-3-6-10-24/h3-19H,20-21H2,1-2H3,(H,30,32). The molecule has 7 heteroatoms. The number of benzene rings is 4. The fraction of sp³-hybridized carbons (Fsp3) is 0.138. The first-order valence-electron chi connectivity index (χ1n) is 11.5. The highest BCUT2D eigenvalue weighted by Crippen LogP contribution is 2.28. The second-order valence-electron chi connectivity index (χ2n) is 8.46. The van der Waals surface area contributed by atoms with Crippen LogP contribution in [-0.4, -0.2) is 20.9 Å². The summed E-state index contributed by atoms with van der Waals surface area (Å²) in [5.74, 6) is 0.217. The van der Waals surface area contributed by atoms with E-state index in [4.69, 9.17) is 4.74 Å². The van der Waals surface area contributed by atoms with Crippen molar-refractivity contribution < 1.29 is 17.9 Å². The molecule has 4 aromatic rings. The van der Waals surface area contributed by atoms with Crippen LogP contribution in [-0.2, 0) is 21.4 Å². The van der Waals surface area contributed by atoms with Gasteiger partial charge in [-0.15, -0.1) is 0 Å². The Morgan fingerprint density at radius 3 is 2.14 bits per heavy atom. The zero-order valence-corrected chi connectivity index (χ0v) is 21.0. The number of rotatable bonds is 9. The Morgan fingerprint density at radius 1 is 0.833 bits per heavy atom. The third-order valence-electron chi connectivity index (χ3n) is 5.64. The SMILES string of the molecule is Cc1ccc(C)c(N(CC(=O)Nc2ccc(OCc3ccccc3)cc2)S(=O)(=O)c2ccccc2)c1. The van der Waals surface area contributed by atoms with Crippen LogP contribution in [0, 0.1) is 13.8 Å². The van der Waals surface area contributed by atoms with Crippen LogP contribution >= 0.6 is 0 Å². The Balaban J connectivity index is 1.50. The molecule has 0 aromatic heterocycles. The first kappa shape index (κ1) is 25.0. The summed E-state index contributed by atoms with van der Waals surface area (Å²) in [7, 11) is -3.97. The van der Waals surface area contributed by atoms with E-state index in [-0.39, 0.29) is 11.4 Å². The predicted octanol–water partition coefficient (Wildman–Crippen LogP) is 5.72. The highest BCUT2D eigenvalue weighted by molar-refractivity contribution is 7.92. The van der Waals surface area contributed by atoms with E-state index in [0.717, 1.165) is 21.0 Å². The maximum absolute atomic E-state index is 13.5. The van der Waals surface area contributed by atoms with Crippen LogP contribution in [0.5, 0.6) is 5.75 Å². The molecular weight excluding hydrogens is 472 g/mol. The van der Waals surface area contributed by atoms with Crippen molar-refractivity contribution in [3.8, 4) is 5.75 Å². The molecule has 0 saturated heterocycles. The summed E-state index contributed by atoms with van der Waals surface area (Å²) in [4.78, 5) is 13.1. The lowest BCUT2D eigenvalue weighted by Gasteiger charge is -2.26. The molecule has 0 bridgehead atoms. The van der Waals surface area contributed by atoms with Gasteiger partial charge in [-0.2, -0.15) is 0 Å². The number of carbonyl (C=O) groups is 1. The molecule has 1 amide bonds. The monoisotopic (exact) mass is 500 g/mol. The molecule has 0 fully saturated rings. The summed E-state index contributed by atoms with van der Waals surface area (Å²) in [6.45, 7) is 3.79. The van der Waals surface area contributed by atoms with Crippen LogP contribution in [0.15, 0.2) is 108 Å². The molecule has 4 aromatic carbocycles. The van der Waals surface area contributed by atoms with Gasteiger partial charge in [0.05, 0.1) is 10.6 Å². The van der Waals surface area contributed by atoms with E-state index < -0.39 is 15.9 Å². The van der Waals surface area contributed by atoms with Gasteiger partial charge in [0, 0.05) is 5.69 Å². The maximum Gasteiger partial charge on any atom is 0.264 e. The van der Waals surface area contributed by atoms with E-state index in [1.54, 1.807) is 48.5 Å². The minimum atomic E-state index is -3.97. The van der Waals surface area contributed by atoms with Crippen molar-refractivity contribution in [3.05, 3.63) is 120 Å². The molecule has 4 rings (SSSR count). The molecule has 6 nitrogen and oxygen atoms in total. The van der Waals surface area contributed by atoms with E-state index in [0.29, 0.717) is 23.7 Å². The fourth-order valence-electron chi connectivity index (χ4n) is 3.71. The second-order valence-corrected chi connectivity index (χ2v) is 10.3. The second kappa shape index (κ2) is 11.1. The van der Waals surface area contributed by atoms with E-state index in [9.17, 15) is 13.2 Å². The molecule has 0 aliphatic rings. The van der Waals surface area contributed by atoms with Crippen LogP contribution in [0.1, 0.15) is 16.7 Å². The molecule has 0 unspecified atom stereocenters. The highest BCUT2D eigenvalue weighted by Gasteiger charge is 2.28. The molecule has 0 radical (unpaired) electrons. The van der Waals surface area contributed by atoms with Gasteiger partial charge in [-0.05, 0) is 73.0 Å². The molecule has 36 heavy (non-hydrogen) atoms. The van der Waals surface area contributed by atoms with Crippen LogP contribution in [0.2, 0.25) is 0 Å². The molecular formula is C29H28N2O4S. The highest BCUT2D eigenvalue weighted by atomic mass is 32.2. The van der Waals surface area contributed by atoms with E-state index >= 15 is 0 Å². The van der Waals surface area contributed by atoms with Crippen LogP contribution in [0.25, 0.3) is 0 Å². The van der Waals surface area contributed by atoms with Crippen molar-refractivity contribution in [2.45, 2.75) is 25.3 Å². The van der Waals surface area contributed by atoms with Gasteiger partial charge in [0.1, 0.15) is 18.9 Å². The summed E-state index contributed by atoms with van der Waals surface area (Å²) in [5.41, 5.74) is 3.73. The smallest absolute Gasteiger partial charge is 0.264 e. The van der Waals surface area contributed by atoms with E-state index in [1.807, 2.05) is 56.3 Å². The van der Waals surface area contributed by atoms with Gasteiger partial charge in [-0.25, -0.2) is 8.42 Å². The zero-order valence-electron chi connectivity index (χ0n) is 20.2. The lowest BCUT2D eigenvalue weighted by molar-refractivity contribution is -0.114. The molecule has 0 heterocycles. The summed E-state index contributed by atoms with van der Waals surface area (Å²) in [5, 5.41) is 2.80. The summed E-state index contributed by atoms with van der Waals surface area (Å²) < 4.78 is 34.1. The average Bonchev–Trinajstić information content (AvgIpc) is 2.89. The number of hydrogen-bond acceptors (Lipinski definition) is 4. The number of sulfonamides is 1. The van der Waals surface area contributed by atoms with E-state index in [1.165, 1.54) is 12.1 Å². The van der Waals surface area contributed by atoms with Crippen LogP contribution in [0.4, 0.5) is 11.4 Å². The molecule has 0 aliphatic carbocycles. The Bertz CT molecular complexity index is 1420. The fourth-order valence-corrected chi connectivity index (χ4v) is 5.21. The van der Waals surface area contributed by atoms with Gasteiger partial charge in [-0.3, -0.25) is 9.10 Å². The minimum Gasteiger partial charge on any atom is -0.489 e. The van der Waals surface area contributed by atoms with Crippen LogP contribution < -0.4 is 14.4 Å². The molecule has 0 spiro atoms. The topological polar surface area (TPSA) is 75.7 Å². The Hall–Kier alpha value is -4.10. The summed E-state index contributed by atoms with van der Waals surface area (Å²) in [6.07, 6.45) is 0. The normalized spacial score (nSPS) is 11.1.